The van der Waals surface area contributed by atoms with Crippen LogP contribution in [0.4, 0.5) is 8.63 Å². The zero-order chi connectivity index (χ0) is 102. The molecule has 0 radical (unpaired) electrons. The van der Waals surface area contributed by atoms with Gasteiger partial charge in [0.2, 0.25) is 70.9 Å². The van der Waals surface area contributed by atoms with Gasteiger partial charge in [0.25, 0.3) is 0 Å². The molecule has 6 rings (SSSR count). The second-order valence-corrected chi connectivity index (χ2v) is 35.9. The predicted octanol–water partition coefficient (Wildman–Crippen LogP) is 0.798. The van der Waals surface area contributed by atoms with Crippen LogP contribution in [0.5, 0.6) is 5.75 Å². The number of hydrogen-bond donors (Lipinski definition) is 21. The Kier molecular flexibility index (Phi) is 48.3. The van der Waals surface area contributed by atoms with Crippen LogP contribution in [-0.2, 0) is 114 Å². The quantitative estimate of drug-likeness (QED) is 0.00841. The van der Waals surface area contributed by atoms with E-state index in [0.717, 1.165) is 15.5 Å². The fraction of sp³-hybridized carbons (Fsp3) is 0.548. The Hall–Kier alpha value is -13.5. The number of nitrogens with one attached hydrogen (secondary N) is 15. The fourth-order valence-corrected chi connectivity index (χ4v) is 15.5. The summed E-state index contributed by atoms with van der Waals surface area (Å²) in [5.41, 5.74) is 13.4. The maximum atomic E-state index is 15.2. The molecule has 0 saturated carbocycles. The standard InChI is InChI=1S/C93H134BF2N21O21/c1-56(2)100-41-16-13-24-67(76(119)49-63(84(97)130)23-12-15-43-102-86(132)70(34-38-81(124)125)111-90(136)73(36-40-83(128)129)112-89(135)72(35-39-82(126)127)106-80(123)53-116-52-65(114-115-116)54-117(5,6)55-94(95)96)108-88(134)71-33-37-78(121)107-74(47-58-19-8-7-9-20-58)91(137)113-75(48-59-28-31-66(118)32-29-59)92(138)110-69(25-14-17-42-101-57(3)4)87(133)109-68(26-18-44-103-93(98)99)77(120)50-64(85(131)104-51-79(122)105-71)46-60-27-30-61-21-10-11-22-62(61)45-60/h7-11,19-22,27-32,45,52,56-57,63-64,67-75,100-101H,12-18,23-26,33-44,46-51,53-55H2,1-6H3,(H20-,97,98,99,102,103,104,105,106,107,108,109,110,111,112,113,118,121,122,123,124,125,126,127,128,129,130,131,132,133,134,135,136,137,138)/p+1/t63-,64?,67+,68-,69+,70+,71-,72+,73+,74+,75+/m1/s1. The predicted molar refractivity (Wildman–Crippen MR) is 504 cm³/mol. The minimum atomic E-state index is -2.64. The van der Waals surface area contributed by atoms with Gasteiger partial charge in [0.15, 0.2) is 17.5 Å². The zero-order valence-electron chi connectivity index (χ0n) is 79.0. The first-order chi connectivity index (χ1) is 65.5. The molecule has 42 nitrogen and oxygen atoms in total. The SMILES string of the molecule is CC(C)NCCCC[C@H](NC(=O)[C@H]1CCC(=O)N[C@@H](Cc2ccccc2)C(=O)N[C@@H](Cc2ccc(O)cc2)C(=O)N[C@@H](CCCCNC(C)C)C(=O)N[C@H](CCCNC(=N)N)C(=O)CC(Cc2ccc3ccccc3c2)C(=O)NCC(=O)N1)C(=O)C[C@@H](CCCCNC(=O)[C@H](CCC(=O)O)NC(=O)[C@H](CCC(=O)O)NC(=O)[C@H](CCC(=O)O)NC(=O)Cn1cc(C[N+](C)(C)CB(F)F)nn1)C(N)=O. The molecule has 2 heterocycles. The number of guanidine groups is 1. The number of unbranched alkanes of at least 4 members (excludes halogenated alkanes) is 3. The molecule has 4 aromatic carbocycles. The molecule has 12 amide bonds. The van der Waals surface area contributed by atoms with E-state index in [1.807, 2.05) is 64.1 Å². The van der Waals surface area contributed by atoms with Crippen molar-refractivity contribution in [1.82, 2.24) is 89.4 Å². The van der Waals surface area contributed by atoms with Crippen molar-refractivity contribution in [2.24, 2.45) is 23.3 Å². The zero-order valence-corrected chi connectivity index (χ0v) is 79.0. The number of phenolic OH excluding ortho intramolecular Hbond substituents is 1. The lowest BCUT2D eigenvalue weighted by Crippen LogP contribution is -2.58. The number of ketones is 2. The van der Waals surface area contributed by atoms with Gasteiger partial charge in [-0.25, -0.2) is 4.68 Å². The van der Waals surface area contributed by atoms with Crippen LogP contribution in [0.15, 0.2) is 103 Å². The maximum absolute atomic E-state index is 15.2. The van der Waals surface area contributed by atoms with Crippen LogP contribution in [0, 0.1) is 17.2 Å². The topological polar surface area (TPSA) is 646 Å². The number of carbonyl (C=O) groups excluding carboxylic acids is 14. The summed E-state index contributed by atoms with van der Waals surface area (Å²) in [5, 5.41) is 94.5. The van der Waals surface area contributed by atoms with Gasteiger partial charge in [-0.2, -0.15) is 0 Å². The van der Waals surface area contributed by atoms with Gasteiger partial charge in [-0.1, -0.05) is 124 Å². The molecule has 23 N–H and O–H groups in total. The number of carboxylic acid groups (broad SMARTS) is 3. The van der Waals surface area contributed by atoms with Crippen molar-refractivity contribution in [2.45, 2.75) is 261 Å². The number of aromatic nitrogens is 3. The number of benzene rings is 4. The summed E-state index contributed by atoms with van der Waals surface area (Å²) >= 11 is 0. The lowest BCUT2D eigenvalue weighted by atomic mass is 9.89. The summed E-state index contributed by atoms with van der Waals surface area (Å²) in [6.45, 7) is 7.13. The van der Waals surface area contributed by atoms with Crippen molar-refractivity contribution in [3.05, 3.63) is 126 Å². The van der Waals surface area contributed by atoms with E-state index < -0.39 is 258 Å². The van der Waals surface area contributed by atoms with E-state index in [4.69, 9.17) is 16.9 Å². The maximum Gasteiger partial charge on any atom is 0.592 e. The van der Waals surface area contributed by atoms with Gasteiger partial charge >= 0.3 is 25.2 Å². The van der Waals surface area contributed by atoms with E-state index >= 15 is 24.0 Å². The molecule has 1 aliphatic rings. The van der Waals surface area contributed by atoms with Crippen LogP contribution < -0.4 is 85.9 Å². The van der Waals surface area contributed by atoms with Crippen LogP contribution in [0.2, 0.25) is 0 Å². The summed E-state index contributed by atoms with van der Waals surface area (Å²) in [5.74, 6) is -20.0. The van der Waals surface area contributed by atoms with E-state index in [1.54, 1.807) is 36.4 Å². The highest BCUT2D eigenvalue weighted by Crippen LogP contribution is 2.24. The first-order valence-electron chi connectivity index (χ1n) is 46.6. The highest BCUT2D eigenvalue weighted by atomic mass is 19.2. The van der Waals surface area contributed by atoms with Gasteiger partial charge in [0.05, 0.1) is 38.9 Å². The molecule has 1 unspecified atom stereocenters. The Bertz CT molecular complexity index is 4940. The number of halogens is 2. The number of fused-ring (bicyclic) bond motifs is 1. The number of carboxylic acids is 3. The Balaban J connectivity index is 1.28. The van der Waals surface area contributed by atoms with Crippen LogP contribution in [0.1, 0.15) is 185 Å². The number of nitrogens with two attached hydrogens (primary N) is 2. The molecule has 1 aromatic heterocycles. The first-order valence-corrected chi connectivity index (χ1v) is 46.6. The molecule has 1 fully saturated rings. The van der Waals surface area contributed by atoms with Crippen LogP contribution >= 0.6 is 0 Å². The molecular weight excluding hydrogens is 1800 g/mol. The summed E-state index contributed by atoms with van der Waals surface area (Å²) < 4.78 is 27.3. The number of aromatic hydroxyl groups is 1. The van der Waals surface area contributed by atoms with E-state index in [0.29, 0.717) is 49.0 Å². The number of quaternary nitrogens is 1. The summed E-state index contributed by atoms with van der Waals surface area (Å²) in [7, 11) is 0.401. The average Bonchev–Trinajstić information content (AvgIpc) is 1.06. The van der Waals surface area contributed by atoms with E-state index in [-0.39, 0.29) is 124 Å². The number of phenols is 1. The van der Waals surface area contributed by atoms with E-state index in [2.05, 4.69) is 84.7 Å². The van der Waals surface area contributed by atoms with Crippen molar-refractivity contribution in [3.8, 4) is 5.75 Å². The van der Waals surface area contributed by atoms with Gasteiger partial charge in [-0.15, -0.1) is 5.10 Å². The number of Topliss-reactive ketones (excluding diaryl/α,β-unsaturated/α-hetero) is 2. The number of primary amides is 1. The number of carbonyl (C=O) groups is 17. The lowest BCUT2D eigenvalue weighted by Gasteiger charge is -2.27. The van der Waals surface area contributed by atoms with Gasteiger partial charge in [0, 0.05) is 88.4 Å². The second-order valence-electron chi connectivity index (χ2n) is 35.9. The Morgan fingerprint density at radius 2 is 1.08 bits per heavy atom. The van der Waals surface area contributed by atoms with E-state index in [9.17, 15) is 86.6 Å². The van der Waals surface area contributed by atoms with Crippen LogP contribution in [-0.4, -0.2) is 273 Å². The smallest absolute Gasteiger partial charge is 0.508 e. The Morgan fingerprint density at radius 1 is 0.551 bits per heavy atom. The molecular formula is C93H135BF2N21O21+. The number of aliphatic carboxylic acids is 3. The van der Waals surface area contributed by atoms with Gasteiger partial charge in [0.1, 0.15) is 73.3 Å². The molecule has 1 saturated heterocycles. The number of rotatable bonds is 54. The Labute approximate surface area is 799 Å². The van der Waals surface area contributed by atoms with Crippen LogP contribution in [0.3, 0.4) is 0 Å². The molecule has 0 spiro atoms. The van der Waals surface area contributed by atoms with Gasteiger partial charge < -0.3 is 111 Å². The molecule has 45 heteroatoms. The summed E-state index contributed by atoms with van der Waals surface area (Å²) in [6, 6.07) is 13.2. The monoisotopic (exact) mass is 1930 g/mol. The molecule has 0 aliphatic carbocycles. The largest absolute Gasteiger partial charge is 0.592 e. The highest BCUT2D eigenvalue weighted by Gasteiger charge is 2.38. The molecule has 1 aliphatic heterocycles. The van der Waals surface area contributed by atoms with Crippen molar-refractivity contribution in [2.75, 3.05) is 53.3 Å². The third kappa shape index (κ3) is 43.7. The van der Waals surface area contributed by atoms with Crippen molar-refractivity contribution >= 4 is 124 Å². The Morgan fingerprint density at radius 3 is 1.68 bits per heavy atom. The molecule has 754 valence electrons. The summed E-state index contributed by atoms with van der Waals surface area (Å²) in [4.78, 5) is 239. The minimum absolute atomic E-state index is 0.0121. The number of amides is 12. The average molecular weight is 1930 g/mol. The number of nitrogens with zero attached hydrogens (tertiary/aromatic N) is 4. The third-order valence-corrected chi connectivity index (χ3v) is 22.9. The normalized spacial score (nSPS) is 17.8. The van der Waals surface area contributed by atoms with Crippen molar-refractivity contribution < 1.29 is 115 Å². The van der Waals surface area contributed by atoms with Gasteiger partial charge in [-0.05, 0) is 149 Å². The third-order valence-electron chi connectivity index (χ3n) is 22.9. The lowest BCUT2D eigenvalue weighted by molar-refractivity contribution is -0.894. The van der Waals surface area contributed by atoms with E-state index in [1.165, 1.54) is 44.6 Å². The minimum Gasteiger partial charge on any atom is -0.508 e. The molecule has 138 heavy (non-hydrogen) atoms. The second kappa shape index (κ2) is 58.9. The number of hydrogen-bond acceptors (Lipinski definition) is 23. The van der Waals surface area contributed by atoms with Crippen molar-refractivity contribution in [3.63, 3.8) is 0 Å². The molecule has 11 atom stereocenters. The van der Waals surface area contributed by atoms with Crippen LogP contribution in [0.25, 0.3) is 10.8 Å². The summed E-state index contributed by atoms with van der Waals surface area (Å²) in [6.07, 6.45) is -4.38. The highest BCUT2D eigenvalue weighted by molar-refractivity contribution is 6.42. The fourth-order valence-electron chi connectivity index (χ4n) is 15.5. The van der Waals surface area contributed by atoms with Crippen molar-refractivity contribution in [1.29, 1.82) is 5.41 Å². The molecule has 5 aromatic rings. The van der Waals surface area contributed by atoms with Gasteiger partial charge in [-0.3, -0.25) is 95.5 Å². The first kappa shape index (κ1) is 113. The molecule has 0 bridgehead atoms.